The highest BCUT2D eigenvalue weighted by Gasteiger charge is 2.32. The van der Waals surface area contributed by atoms with E-state index < -0.39 is 12.1 Å². The molecule has 1 rings (SSSR count). The Morgan fingerprint density at radius 1 is 1.40 bits per heavy atom. The smallest absolute Gasteiger partial charge is 0.404 e. The van der Waals surface area contributed by atoms with Crippen LogP contribution in [0.25, 0.3) is 0 Å². The van der Waals surface area contributed by atoms with E-state index in [1.165, 1.54) is 6.07 Å². The van der Waals surface area contributed by atoms with E-state index in [9.17, 15) is 13.2 Å². The Kier molecular flexibility index (Phi) is 3.72. The van der Waals surface area contributed by atoms with E-state index in [2.05, 4.69) is 20.7 Å². The van der Waals surface area contributed by atoms with Crippen molar-refractivity contribution >= 4 is 33.2 Å². The number of nitrogens with two attached hydrogens (primary N) is 1. The highest BCUT2D eigenvalue weighted by molar-refractivity contribution is 9.10. The van der Waals surface area contributed by atoms with Crippen LogP contribution >= 0.6 is 27.5 Å². The van der Waals surface area contributed by atoms with Crippen molar-refractivity contribution in [2.45, 2.75) is 12.2 Å². The predicted molar refractivity (Wildman–Crippen MR) is 54.8 cm³/mol. The number of ether oxygens (including phenoxy) is 1. The number of hydrogen-bond acceptors (Lipinski definition) is 2. The first-order valence-electron chi connectivity index (χ1n) is 3.73. The SMILES string of the molecule is Nc1cc(Br)c(CCl)cc1OC(F)(F)F. The second kappa shape index (κ2) is 4.49. The molecule has 0 bridgehead atoms. The molecule has 1 aromatic rings. The van der Waals surface area contributed by atoms with E-state index in [4.69, 9.17) is 17.3 Å². The van der Waals surface area contributed by atoms with Crippen LogP contribution in [0.5, 0.6) is 5.75 Å². The lowest BCUT2D eigenvalue weighted by Gasteiger charge is -2.12. The second-order valence-corrected chi connectivity index (χ2v) is 3.78. The van der Waals surface area contributed by atoms with Crippen molar-refractivity contribution in [3.8, 4) is 5.75 Å². The van der Waals surface area contributed by atoms with Gasteiger partial charge in [0.1, 0.15) is 0 Å². The average Bonchev–Trinajstić information content (AvgIpc) is 2.07. The van der Waals surface area contributed by atoms with Crippen molar-refractivity contribution in [1.29, 1.82) is 0 Å². The fourth-order valence-corrected chi connectivity index (χ4v) is 1.81. The molecule has 1 aromatic carbocycles. The van der Waals surface area contributed by atoms with Gasteiger partial charge in [-0.3, -0.25) is 0 Å². The zero-order valence-corrected chi connectivity index (χ0v) is 9.58. The molecular weight excluding hydrogens is 298 g/mol. The first-order valence-corrected chi connectivity index (χ1v) is 5.06. The van der Waals surface area contributed by atoms with Gasteiger partial charge < -0.3 is 10.5 Å². The number of hydrogen-bond donors (Lipinski definition) is 1. The summed E-state index contributed by atoms with van der Waals surface area (Å²) < 4.78 is 40.1. The molecule has 0 unspecified atom stereocenters. The van der Waals surface area contributed by atoms with E-state index in [1.807, 2.05) is 0 Å². The zero-order valence-electron chi connectivity index (χ0n) is 7.24. The summed E-state index contributed by atoms with van der Waals surface area (Å²) in [7, 11) is 0. The molecule has 0 atom stereocenters. The van der Waals surface area contributed by atoms with Gasteiger partial charge in [-0.25, -0.2) is 0 Å². The molecular formula is C8H6BrClF3NO. The molecule has 7 heteroatoms. The highest BCUT2D eigenvalue weighted by atomic mass is 79.9. The molecule has 0 saturated heterocycles. The number of halogens is 5. The van der Waals surface area contributed by atoms with Crippen LogP contribution < -0.4 is 10.5 Å². The lowest BCUT2D eigenvalue weighted by atomic mass is 10.2. The van der Waals surface area contributed by atoms with Crippen LogP contribution in [-0.2, 0) is 5.88 Å². The Balaban J connectivity index is 3.08. The number of benzene rings is 1. The van der Waals surface area contributed by atoms with Gasteiger partial charge in [0.05, 0.1) is 5.69 Å². The minimum atomic E-state index is -4.76. The van der Waals surface area contributed by atoms with E-state index >= 15 is 0 Å². The lowest BCUT2D eigenvalue weighted by Crippen LogP contribution is -2.18. The lowest BCUT2D eigenvalue weighted by molar-refractivity contribution is -0.274. The Bertz CT molecular complexity index is 370. The monoisotopic (exact) mass is 303 g/mol. The molecule has 15 heavy (non-hydrogen) atoms. The Morgan fingerprint density at radius 3 is 2.47 bits per heavy atom. The van der Waals surface area contributed by atoms with Crippen molar-refractivity contribution in [2.75, 3.05) is 5.73 Å². The van der Waals surface area contributed by atoms with Gasteiger partial charge in [0, 0.05) is 10.4 Å². The highest BCUT2D eigenvalue weighted by Crippen LogP contribution is 2.33. The maximum absolute atomic E-state index is 11.9. The quantitative estimate of drug-likeness (QED) is 0.668. The molecule has 0 aliphatic carbocycles. The van der Waals surface area contributed by atoms with Crippen molar-refractivity contribution in [3.63, 3.8) is 0 Å². The second-order valence-electron chi connectivity index (χ2n) is 2.66. The predicted octanol–water partition coefficient (Wildman–Crippen LogP) is 3.67. The minimum absolute atomic E-state index is 0.0646. The standard InChI is InChI=1S/C8H6BrClF3NO/c9-5-2-6(14)7(1-4(5)3-10)15-8(11,12)13/h1-2H,3,14H2. The summed E-state index contributed by atoms with van der Waals surface area (Å²) in [6, 6.07) is 2.47. The van der Waals surface area contributed by atoms with Gasteiger partial charge in [-0.1, -0.05) is 15.9 Å². The number of anilines is 1. The van der Waals surface area contributed by atoms with Crippen LogP contribution in [0.3, 0.4) is 0 Å². The summed E-state index contributed by atoms with van der Waals surface area (Å²) in [5.41, 5.74) is 5.73. The summed E-state index contributed by atoms with van der Waals surface area (Å²) >= 11 is 8.64. The van der Waals surface area contributed by atoms with Gasteiger partial charge in [-0.15, -0.1) is 24.8 Å². The van der Waals surface area contributed by atoms with Gasteiger partial charge in [-0.2, -0.15) is 0 Å². The molecule has 84 valence electrons. The Hall–Kier alpha value is -0.620. The molecule has 0 spiro atoms. The molecule has 0 saturated carbocycles. The molecule has 0 radical (unpaired) electrons. The van der Waals surface area contributed by atoms with Gasteiger partial charge >= 0.3 is 6.36 Å². The van der Waals surface area contributed by atoms with E-state index in [1.54, 1.807) is 0 Å². The molecule has 0 aliphatic heterocycles. The maximum atomic E-state index is 11.9. The third-order valence-corrected chi connectivity index (χ3v) is 2.57. The molecule has 0 amide bonds. The first-order chi connectivity index (χ1) is 6.83. The van der Waals surface area contributed by atoms with E-state index in [0.717, 1.165) is 6.07 Å². The van der Waals surface area contributed by atoms with Crippen molar-refractivity contribution in [3.05, 3.63) is 22.2 Å². The summed E-state index contributed by atoms with van der Waals surface area (Å²) in [4.78, 5) is 0. The minimum Gasteiger partial charge on any atom is -0.404 e. The topological polar surface area (TPSA) is 35.2 Å². The maximum Gasteiger partial charge on any atom is 0.573 e. The third kappa shape index (κ3) is 3.46. The molecule has 0 aliphatic rings. The van der Waals surface area contributed by atoms with Gasteiger partial charge in [0.25, 0.3) is 0 Å². The molecule has 2 N–H and O–H groups in total. The van der Waals surface area contributed by atoms with Crippen LogP contribution in [0.2, 0.25) is 0 Å². The van der Waals surface area contributed by atoms with Crippen molar-refractivity contribution in [2.24, 2.45) is 0 Å². The molecule has 0 fully saturated rings. The van der Waals surface area contributed by atoms with Gasteiger partial charge in [0.15, 0.2) is 5.75 Å². The molecule has 0 heterocycles. The number of rotatable bonds is 2. The third-order valence-electron chi connectivity index (χ3n) is 1.55. The number of alkyl halides is 4. The summed E-state index contributed by atoms with van der Waals surface area (Å²) in [6.07, 6.45) is -4.76. The van der Waals surface area contributed by atoms with Crippen LogP contribution in [-0.4, -0.2) is 6.36 Å². The molecule has 2 nitrogen and oxygen atoms in total. The van der Waals surface area contributed by atoms with Crippen LogP contribution in [0.15, 0.2) is 16.6 Å². The van der Waals surface area contributed by atoms with Crippen LogP contribution in [0.4, 0.5) is 18.9 Å². The fraction of sp³-hybridized carbons (Fsp3) is 0.250. The van der Waals surface area contributed by atoms with E-state index in [0.29, 0.717) is 10.0 Å². The summed E-state index contributed by atoms with van der Waals surface area (Å²) in [5.74, 6) is -0.379. The van der Waals surface area contributed by atoms with Gasteiger partial charge in [-0.05, 0) is 17.7 Å². The normalized spacial score (nSPS) is 11.5. The summed E-state index contributed by atoms with van der Waals surface area (Å²) in [5, 5.41) is 0. The fourth-order valence-electron chi connectivity index (χ4n) is 0.926. The summed E-state index contributed by atoms with van der Waals surface area (Å²) in [6.45, 7) is 0. The van der Waals surface area contributed by atoms with Gasteiger partial charge in [0.2, 0.25) is 0 Å². The average molecular weight is 304 g/mol. The van der Waals surface area contributed by atoms with Crippen LogP contribution in [0.1, 0.15) is 5.56 Å². The van der Waals surface area contributed by atoms with Crippen molar-refractivity contribution < 1.29 is 17.9 Å². The zero-order chi connectivity index (χ0) is 11.6. The van der Waals surface area contributed by atoms with Crippen LogP contribution in [0, 0.1) is 0 Å². The Labute approximate surface area is 97.3 Å². The molecule has 0 aromatic heterocycles. The largest absolute Gasteiger partial charge is 0.573 e. The first kappa shape index (κ1) is 12.4. The van der Waals surface area contributed by atoms with E-state index in [-0.39, 0.29) is 11.6 Å². The Morgan fingerprint density at radius 2 is 2.00 bits per heavy atom. The van der Waals surface area contributed by atoms with Crippen molar-refractivity contribution in [1.82, 2.24) is 0 Å². The number of nitrogen functional groups attached to an aromatic ring is 1.